The summed E-state index contributed by atoms with van der Waals surface area (Å²) in [5, 5.41) is 3.08. The number of benzene rings is 1. The second-order valence-electron chi connectivity index (χ2n) is 4.19. The van der Waals surface area contributed by atoms with Gasteiger partial charge in [-0.25, -0.2) is 0 Å². The number of primary amides is 1. The third kappa shape index (κ3) is 2.62. The lowest BCUT2D eigenvalue weighted by molar-refractivity contribution is -0.121. The molecule has 0 aliphatic carbocycles. The molecule has 1 aromatic carbocycles. The quantitative estimate of drug-likeness (QED) is 0.652. The zero-order chi connectivity index (χ0) is 11.6. The molecule has 4 nitrogen and oxygen atoms in total. The number of anilines is 2. The number of nitrogens with one attached hydrogen (secondary N) is 1. The van der Waals surface area contributed by atoms with E-state index in [-0.39, 0.29) is 0 Å². The average Bonchev–Trinajstić information content (AvgIpc) is 2.09. The zero-order valence-electron chi connectivity index (χ0n) is 9.29. The van der Waals surface area contributed by atoms with E-state index in [0.717, 1.165) is 11.3 Å². The molecule has 0 aliphatic rings. The third-order valence-electron chi connectivity index (χ3n) is 2.31. The van der Waals surface area contributed by atoms with Crippen LogP contribution in [0.3, 0.4) is 0 Å². The largest absolute Gasteiger partial charge is 0.399 e. The second-order valence-corrected chi connectivity index (χ2v) is 4.19. The van der Waals surface area contributed by atoms with Crippen molar-refractivity contribution in [3.63, 3.8) is 0 Å². The molecule has 0 saturated carbocycles. The van der Waals surface area contributed by atoms with Crippen LogP contribution in [0.5, 0.6) is 0 Å². The highest BCUT2D eigenvalue weighted by molar-refractivity contribution is 5.87. The fraction of sp³-hybridized carbons (Fsp3) is 0.364. The van der Waals surface area contributed by atoms with Gasteiger partial charge >= 0.3 is 0 Å². The third-order valence-corrected chi connectivity index (χ3v) is 2.31. The van der Waals surface area contributed by atoms with Crippen molar-refractivity contribution in [3.05, 3.63) is 23.8 Å². The summed E-state index contributed by atoms with van der Waals surface area (Å²) in [6.45, 7) is 5.41. The van der Waals surface area contributed by atoms with Gasteiger partial charge in [0.05, 0.1) is 0 Å². The molecule has 0 spiro atoms. The minimum atomic E-state index is -0.763. The molecule has 0 atom stereocenters. The SMILES string of the molecule is Cc1cc(N)ccc1NC(C)(C)C(N)=O. The predicted molar refractivity (Wildman–Crippen MR) is 62.5 cm³/mol. The highest BCUT2D eigenvalue weighted by Crippen LogP contribution is 2.21. The smallest absolute Gasteiger partial charge is 0.242 e. The van der Waals surface area contributed by atoms with E-state index >= 15 is 0 Å². The number of carbonyl (C=O) groups excluding carboxylic acids is 1. The highest BCUT2D eigenvalue weighted by atomic mass is 16.1. The van der Waals surface area contributed by atoms with Crippen molar-refractivity contribution < 1.29 is 4.79 Å². The van der Waals surface area contributed by atoms with Crippen LogP contribution in [0.25, 0.3) is 0 Å². The van der Waals surface area contributed by atoms with E-state index < -0.39 is 11.4 Å². The number of aryl methyl sites for hydroxylation is 1. The maximum absolute atomic E-state index is 11.1. The van der Waals surface area contributed by atoms with Gasteiger partial charge in [-0.2, -0.15) is 0 Å². The van der Waals surface area contributed by atoms with Crippen molar-refractivity contribution in [1.82, 2.24) is 0 Å². The summed E-state index contributed by atoms with van der Waals surface area (Å²) < 4.78 is 0. The van der Waals surface area contributed by atoms with E-state index in [1.165, 1.54) is 0 Å². The monoisotopic (exact) mass is 207 g/mol. The van der Waals surface area contributed by atoms with Crippen LogP contribution in [0.15, 0.2) is 18.2 Å². The van der Waals surface area contributed by atoms with Crippen molar-refractivity contribution in [2.24, 2.45) is 5.73 Å². The van der Waals surface area contributed by atoms with Crippen molar-refractivity contribution in [2.45, 2.75) is 26.3 Å². The minimum absolute atomic E-state index is 0.390. The first-order valence-electron chi connectivity index (χ1n) is 4.77. The molecule has 0 saturated heterocycles. The molecule has 0 unspecified atom stereocenters. The summed E-state index contributed by atoms with van der Waals surface area (Å²) in [5.41, 5.74) is 12.7. The van der Waals surface area contributed by atoms with Gasteiger partial charge in [-0.1, -0.05) is 0 Å². The topological polar surface area (TPSA) is 81.1 Å². The predicted octanol–water partition coefficient (Wildman–Crippen LogP) is 1.25. The minimum Gasteiger partial charge on any atom is -0.399 e. The molecule has 0 heterocycles. The molecule has 15 heavy (non-hydrogen) atoms. The van der Waals surface area contributed by atoms with Crippen LogP contribution in [0.1, 0.15) is 19.4 Å². The first-order chi connectivity index (χ1) is 6.83. The van der Waals surface area contributed by atoms with Crippen LogP contribution in [0.2, 0.25) is 0 Å². The molecule has 1 aromatic rings. The fourth-order valence-electron chi connectivity index (χ4n) is 1.23. The summed E-state index contributed by atoms with van der Waals surface area (Å²) in [7, 11) is 0. The number of carbonyl (C=O) groups is 1. The number of amides is 1. The lowest BCUT2D eigenvalue weighted by Crippen LogP contribution is -2.45. The molecule has 82 valence electrons. The molecule has 0 fully saturated rings. The summed E-state index contributed by atoms with van der Waals surface area (Å²) in [4.78, 5) is 11.1. The van der Waals surface area contributed by atoms with Gasteiger partial charge in [0.15, 0.2) is 0 Å². The van der Waals surface area contributed by atoms with Gasteiger partial charge in [-0.05, 0) is 44.5 Å². The lowest BCUT2D eigenvalue weighted by atomic mass is 10.0. The number of rotatable bonds is 3. The van der Waals surface area contributed by atoms with Gasteiger partial charge in [0.25, 0.3) is 0 Å². The lowest BCUT2D eigenvalue weighted by Gasteiger charge is -2.24. The Kier molecular flexibility index (Phi) is 2.88. The summed E-state index contributed by atoms with van der Waals surface area (Å²) in [6.07, 6.45) is 0. The normalized spacial score (nSPS) is 11.1. The molecule has 0 aliphatic heterocycles. The summed E-state index contributed by atoms with van der Waals surface area (Å²) in [6, 6.07) is 5.47. The van der Waals surface area contributed by atoms with E-state index in [2.05, 4.69) is 5.32 Å². The van der Waals surface area contributed by atoms with E-state index in [0.29, 0.717) is 5.69 Å². The molecule has 4 heteroatoms. The Morgan fingerprint density at radius 1 is 1.40 bits per heavy atom. The molecule has 5 N–H and O–H groups in total. The van der Waals surface area contributed by atoms with Gasteiger partial charge in [0, 0.05) is 11.4 Å². The van der Waals surface area contributed by atoms with Gasteiger partial charge in [-0.3, -0.25) is 4.79 Å². The molecule has 0 radical (unpaired) electrons. The van der Waals surface area contributed by atoms with Crippen LogP contribution in [-0.2, 0) is 4.79 Å². The second kappa shape index (κ2) is 3.81. The van der Waals surface area contributed by atoms with Crippen LogP contribution < -0.4 is 16.8 Å². The molecule has 1 rings (SSSR count). The molecule has 0 bridgehead atoms. The number of nitrogens with two attached hydrogens (primary N) is 2. The van der Waals surface area contributed by atoms with Crippen molar-refractivity contribution >= 4 is 17.3 Å². The first-order valence-corrected chi connectivity index (χ1v) is 4.77. The van der Waals surface area contributed by atoms with Gasteiger partial charge < -0.3 is 16.8 Å². The van der Waals surface area contributed by atoms with Crippen molar-refractivity contribution in [1.29, 1.82) is 0 Å². The Balaban J connectivity index is 2.95. The van der Waals surface area contributed by atoms with Crippen molar-refractivity contribution in [2.75, 3.05) is 11.1 Å². The van der Waals surface area contributed by atoms with E-state index in [1.54, 1.807) is 19.9 Å². The Labute approximate surface area is 89.6 Å². The number of hydrogen-bond donors (Lipinski definition) is 3. The maximum atomic E-state index is 11.1. The maximum Gasteiger partial charge on any atom is 0.242 e. The van der Waals surface area contributed by atoms with E-state index in [4.69, 9.17) is 11.5 Å². The highest BCUT2D eigenvalue weighted by Gasteiger charge is 2.24. The summed E-state index contributed by atoms with van der Waals surface area (Å²) in [5.74, 6) is -0.390. The average molecular weight is 207 g/mol. The van der Waals surface area contributed by atoms with Crippen LogP contribution >= 0.6 is 0 Å². The van der Waals surface area contributed by atoms with E-state index in [1.807, 2.05) is 19.1 Å². The van der Waals surface area contributed by atoms with E-state index in [9.17, 15) is 4.79 Å². The van der Waals surface area contributed by atoms with Gasteiger partial charge in [0.1, 0.15) is 5.54 Å². The molecular formula is C11H17N3O. The molecular weight excluding hydrogens is 190 g/mol. The first kappa shape index (κ1) is 11.4. The molecule has 1 amide bonds. The Morgan fingerprint density at radius 3 is 2.47 bits per heavy atom. The zero-order valence-corrected chi connectivity index (χ0v) is 9.29. The van der Waals surface area contributed by atoms with Crippen LogP contribution in [0.4, 0.5) is 11.4 Å². The Morgan fingerprint density at radius 2 is 2.00 bits per heavy atom. The number of hydrogen-bond acceptors (Lipinski definition) is 3. The van der Waals surface area contributed by atoms with Crippen LogP contribution in [0, 0.1) is 6.92 Å². The fourth-order valence-corrected chi connectivity index (χ4v) is 1.23. The molecule has 0 aromatic heterocycles. The van der Waals surface area contributed by atoms with Gasteiger partial charge in [-0.15, -0.1) is 0 Å². The Hall–Kier alpha value is -1.71. The standard InChI is InChI=1S/C11H17N3O/c1-7-6-8(12)4-5-9(7)14-11(2,3)10(13)15/h4-6,14H,12H2,1-3H3,(H2,13,15). The van der Waals surface area contributed by atoms with Crippen molar-refractivity contribution in [3.8, 4) is 0 Å². The summed E-state index contributed by atoms with van der Waals surface area (Å²) >= 11 is 0. The number of nitrogen functional groups attached to an aromatic ring is 1. The van der Waals surface area contributed by atoms with Gasteiger partial charge in [0.2, 0.25) is 5.91 Å². The Bertz CT molecular complexity index is 385. The van der Waals surface area contributed by atoms with Crippen LogP contribution in [-0.4, -0.2) is 11.4 Å².